The van der Waals surface area contributed by atoms with Gasteiger partial charge in [0.1, 0.15) is 23.2 Å². The lowest BCUT2D eigenvalue weighted by molar-refractivity contribution is -0.136. The Bertz CT molecular complexity index is 1610. The average Bonchev–Trinajstić information content (AvgIpc) is 3.37. The quantitative estimate of drug-likeness (QED) is 0.413. The molecule has 0 saturated carbocycles. The standard InChI is InChI=1S/C28H23N5O4/c1-16-7-11-22-30-24(25(32(22)15-16)29-14-17-5-3-2-4-6-17)18-8-9-19-20(13-18)28(37)33(27(19)36)21-10-12-23(34)31-26(21)35/h2-9,11,13,15,21,29H,10,12,14H2,1H3,(H,31,34,35). The second-order valence-corrected chi connectivity index (χ2v) is 9.29. The molecule has 0 radical (unpaired) electrons. The lowest BCUT2D eigenvalue weighted by Gasteiger charge is -2.27. The second-order valence-electron chi connectivity index (χ2n) is 9.29. The highest BCUT2D eigenvalue weighted by Gasteiger charge is 2.44. The summed E-state index contributed by atoms with van der Waals surface area (Å²) in [5, 5.41) is 5.71. The van der Waals surface area contributed by atoms with Crippen molar-refractivity contribution in [2.24, 2.45) is 0 Å². The number of carbonyl (C=O) groups excluding carboxylic acids is 4. The Kier molecular flexibility index (Phi) is 5.33. The number of fused-ring (bicyclic) bond motifs is 2. The predicted molar refractivity (Wildman–Crippen MR) is 136 cm³/mol. The number of piperidine rings is 1. The van der Waals surface area contributed by atoms with E-state index in [-0.39, 0.29) is 24.0 Å². The summed E-state index contributed by atoms with van der Waals surface area (Å²) < 4.78 is 1.98. The monoisotopic (exact) mass is 493 g/mol. The number of aromatic nitrogens is 2. The molecule has 9 heteroatoms. The van der Waals surface area contributed by atoms with Crippen molar-refractivity contribution in [1.29, 1.82) is 0 Å². The van der Waals surface area contributed by atoms with Crippen LogP contribution in [0.4, 0.5) is 5.82 Å². The highest BCUT2D eigenvalue weighted by Crippen LogP contribution is 2.34. The van der Waals surface area contributed by atoms with Crippen LogP contribution in [0.25, 0.3) is 16.9 Å². The number of hydrogen-bond donors (Lipinski definition) is 2. The number of carbonyl (C=O) groups is 4. The van der Waals surface area contributed by atoms with E-state index in [1.165, 1.54) is 0 Å². The first kappa shape index (κ1) is 22.7. The molecule has 2 aliphatic heterocycles. The molecule has 0 spiro atoms. The molecule has 6 rings (SSSR count). The van der Waals surface area contributed by atoms with Crippen LogP contribution in [0.1, 0.15) is 44.7 Å². The molecule has 4 heterocycles. The normalized spacial score (nSPS) is 17.3. The zero-order valence-corrected chi connectivity index (χ0v) is 20.0. The first-order valence-corrected chi connectivity index (χ1v) is 12.0. The number of rotatable bonds is 5. The van der Waals surface area contributed by atoms with Crippen molar-refractivity contribution in [3.8, 4) is 11.3 Å². The van der Waals surface area contributed by atoms with Gasteiger partial charge in [-0.25, -0.2) is 4.98 Å². The van der Waals surface area contributed by atoms with Gasteiger partial charge in [-0.05, 0) is 42.7 Å². The zero-order valence-electron chi connectivity index (χ0n) is 20.0. The van der Waals surface area contributed by atoms with Crippen molar-refractivity contribution >= 4 is 35.1 Å². The fourth-order valence-corrected chi connectivity index (χ4v) is 4.92. The number of nitrogens with one attached hydrogen (secondary N) is 2. The molecule has 2 aromatic heterocycles. The third-order valence-electron chi connectivity index (χ3n) is 6.78. The van der Waals surface area contributed by atoms with Gasteiger partial charge in [0.2, 0.25) is 11.8 Å². The predicted octanol–water partition coefficient (Wildman–Crippen LogP) is 3.32. The van der Waals surface area contributed by atoms with Crippen LogP contribution < -0.4 is 10.6 Å². The highest BCUT2D eigenvalue weighted by atomic mass is 16.2. The molecule has 37 heavy (non-hydrogen) atoms. The minimum atomic E-state index is -1.00. The highest BCUT2D eigenvalue weighted by molar-refractivity contribution is 6.23. The minimum absolute atomic E-state index is 0.0756. The van der Waals surface area contributed by atoms with Gasteiger partial charge in [0, 0.05) is 24.7 Å². The molecule has 0 aliphatic carbocycles. The van der Waals surface area contributed by atoms with E-state index in [0.717, 1.165) is 27.5 Å². The number of amides is 4. The van der Waals surface area contributed by atoms with Crippen LogP contribution in [0, 0.1) is 6.92 Å². The number of nitrogens with zero attached hydrogens (tertiary/aromatic N) is 3. The molecule has 1 saturated heterocycles. The largest absolute Gasteiger partial charge is 0.365 e. The van der Waals surface area contributed by atoms with E-state index in [4.69, 9.17) is 4.98 Å². The Morgan fingerprint density at radius 3 is 2.54 bits per heavy atom. The van der Waals surface area contributed by atoms with Gasteiger partial charge in [-0.15, -0.1) is 0 Å². The van der Waals surface area contributed by atoms with Crippen molar-refractivity contribution in [3.05, 3.63) is 89.1 Å². The van der Waals surface area contributed by atoms with Crippen LogP contribution in [0.15, 0.2) is 66.9 Å². The van der Waals surface area contributed by atoms with E-state index >= 15 is 0 Å². The van der Waals surface area contributed by atoms with Crippen LogP contribution in [0.3, 0.4) is 0 Å². The number of aryl methyl sites for hydroxylation is 1. The third kappa shape index (κ3) is 3.85. The van der Waals surface area contributed by atoms with Crippen LogP contribution in [0.2, 0.25) is 0 Å². The van der Waals surface area contributed by atoms with E-state index in [0.29, 0.717) is 17.8 Å². The summed E-state index contributed by atoms with van der Waals surface area (Å²) in [5.41, 5.74) is 4.67. The van der Waals surface area contributed by atoms with Gasteiger partial charge in [0.25, 0.3) is 11.8 Å². The first-order valence-electron chi connectivity index (χ1n) is 12.0. The maximum Gasteiger partial charge on any atom is 0.262 e. The molecular weight excluding hydrogens is 470 g/mol. The molecule has 1 atom stereocenters. The fourth-order valence-electron chi connectivity index (χ4n) is 4.92. The van der Waals surface area contributed by atoms with Crippen LogP contribution >= 0.6 is 0 Å². The van der Waals surface area contributed by atoms with Gasteiger partial charge in [-0.3, -0.25) is 33.8 Å². The summed E-state index contributed by atoms with van der Waals surface area (Å²) in [4.78, 5) is 56.2. The van der Waals surface area contributed by atoms with Gasteiger partial charge in [0.05, 0.1) is 11.1 Å². The Labute approximate surface area is 212 Å². The maximum absolute atomic E-state index is 13.3. The van der Waals surface area contributed by atoms with E-state index in [1.807, 2.05) is 60.0 Å². The summed E-state index contributed by atoms with van der Waals surface area (Å²) >= 11 is 0. The molecule has 4 aromatic rings. The van der Waals surface area contributed by atoms with Crippen molar-refractivity contribution in [3.63, 3.8) is 0 Å². The number of anilines is 1. The van der Waals surface area contributed by atoms with Gasteiger partial charge >= 0.3 is 0 Å². The van der Waals surface area contributed by atoms with Crippen molar-refractivity contribution in [1.82, 2.24) is 19.6 Å². The number of hydrogen-bond acceptors (Lipinski definition) is 6. The summed E-state index contributed by atoms with van der Waals surface area (Å²) in [6.07, 6.45) is 2.18. The molecule has 2 aromatic carbocycles. The van der Waals surface area contributed by atoms with Crippen LogP contribution in [-0.4, -0.2) is 44.0 Å². The average molecular weight is 494 g/mol. The van der Waals surface area contributed by atoms with E-state index in [2.05, 4.69) is 10.6 Å². The molecule has 1 fully saturated rings. The Morgan fingerprint density at radius 2 is 1.76 bits per heavy atom. The summed E-state index contributed by atoms with van der Waals surface area (Å²) in [5.74, 6) is -1.35. The van der Waals surface area contributed by atoms with E-state index < -0.39 is 29.7 Å². The molecular formula is C28H23N5O4. The van der Waals surface area contributed by atoms with Crippen LogP contribution in [0.5, 0.6) is 0 Å². The maximum atomic E-state index is 13.3. The molecule has 9 nitrogen and oxygen atoms in total. The number of pyridine rings is 1. The minimum Gasteiger partial charge on any atom is -0.365 e. The summed E-state index contributed by atoms with van der Waals surface area (Å²) in [7, 11) is 0. The number of imidazole rings is 1. The van der Waals surface area contributed by atoms with Gasteiger partial charge in [0.15, 0.2) is 0 Å². The third-order valence-corrected chi connectivity index (χ3v) is 6.78. The molecule has 4 amide bonds. The Hall–Kier alpha value is -4.79. The fraction of sp³-hybridized carbons (Fsp3) is 0.179. The second kappa shape index (κ2) is 8.70. The number of benzene rings is 2. The van der Waals surface area contributed by atoms with E-state index in [1.54, 1.807) is 18.2 Å². The molecule has 2 aliphatic rings. The van der Waals surface area contributed by atoms with Crippen LogP contribution in [-0.2, 0) is 16.1 Å². The van der Waals surface area contributed by atoms with Crippen molar-refractivity contribution in [2.75, 3.05) is 5.32 Å². The topological polar surface area (TPSA) is 113 Å². The van der Waals surface area contributed by atoms with Crippen molar-refractivity contribution in [2.45, 2.75) is 32.4 Å². The number of imide groups is 2. The zero-order chi connectivity index (χ0) is 25.7. The lowest BCUT2D eigenvalue weighted by atomic mass is 10.0. The smallest absolute Gasteiger partial charge is 0.262 e. The molecule has 0 bridgehead atoms. The molecule has 2 N–H and O–H groups in total. The lowest BCUT2D eigenvalue weighted by Crippen LogP contribution is -2.54. The first-order chi connectivity index (χ1) is 17.9. The van der Waals surface area contributed by atoms with Gasteiger partial charge < -0.3 is 5.32 Å². The van der Waals surface area contributed by atoms with Gasteiger partial charge in [-0.1, -0.05) is 42.5 Å². The molecule has 1 unspecified atom stereocenters. The summed E-state index contributed by atoms with van der Waals surface area (Å²) in [6.45, 7) is 2.57. The Morgan fingerprint density at radius 1 is 0.973 bits per heavy atom. The SMILES string of the molecule is Cc1ccc2nc(-c3ccc4c(c3)C(=O)N(C3CCC(=O)NC3=O)C4=O)c(NCc3ccccc3)n2c1. The van der Waals surface area contributed by atoms with E-state index in [9.17, 15) is 19.2 Å². The molecule has 184 valence electrons. The Balaban J connectivity index is 1.39. The van der Waals surface area contributed by atoms with Gasteiger partial charge in [-0.2, -0.15) is 0 Å². The van der Waals surface area contributed by atoms with Crippen molar-refractivity contribution < 1.29 is 19.2 Å². The summed E-state index contributed by atoms with van der Waals surface area (Å²) in [6, 6.07) is 17.9.